The maximum atomic E-state index is 12.6. The molecule has 9 heteroatoms. The van der Waals surface area contributed by atoms with Gasteiger partial charge in [-0.15, -0.1) is 0 Å². The summed E-state index contributed by atoms with van der Waals surface area (Å²) in [7, 11) is 1.40. The van der Waals surface area contributed by atoms with Gasteiger partial charge in [-0.3, -0.25) is 4.79 Å². The van der Waals surface area contributed by atoms with Crippen molar-refractivity contribution in [1.82, 2.24) is 0 Å². The van der Waals surface area contributed by atoms with Crippen LogP contribution in [0, 0.1) is 14.9 Å². The number of aromatic carboxylic acids is 1. The molecule has 1 amide bonds. The van der Waals surface area contributed by atoms with Crippen molar-refractivity contribution in [1.29, 1.82) is 5.26 Å². The highest BCUT2D eigenvalue weighted by Gasteiger charge is 2.18. The van der Waals surface area contributed by atoms with Crippen LogP contribution in [0.2, 0.25) is 0 Å². The number of nitrogens with one attached hydrogen (secondary N) is 1. The number of hydrogen-bond donors (Lipinski definition) is 2. The zero-order chi connectivity index (χ0) is 24.7. The zero-order valence-electron chi connectivity index (χ0n) is 17.7. The first kappa shape index (κ1) is 24.5. The largest absolute Gasteiger partial charge is 0.493 e. The van der Waals surface area contributed by atoms with Crippen LogP contribution in [0.4, 0.5) is 5.69 Å². The minimum atomic E-state index is -1.21. The highest BCUT2D eigenvalue weighted by atomic mass is 127. The number of methoxy groups -OCH3 is 1. The number of nitriles is 1. The summed E-state index contributed by atoms with van der Waals surface area (Å²) in [5.74, 6) is -2.11. The summed E-state index contributed by atoms with van der Waals surface area (Å²) in [5, 5.41) is 21.2. The minimum absolute atomic E-state index is 0.0662. The minimum Gasteiger partial charge on any atom is -0.493 e. The molecule has 0 aliphatic carbocycles. The smallest absolute Gasteiger partial charge is 0.343 e. The average molecular weight is 568 g/mol. The molecule has 170 valence electrons. The van der Waals surface area contributed by atoms with Crippen molar-refractivity contribution in [2.24, 2.45) is 0 Å². The van der Waals surface area contributed by atoms with Gasteiger partial charge in [0.25, 0.3) is 5.91 Å². The molecule has 34 heavy (non-hydrogen) atoms. The predicted molar refractivity (Wildman–Crippen MR) is 133 cm³/mol. The van der Waals surface area contributed by atoms with Crippen LogP contribution in [0.3, 0.4) is 0 Å². The van der Waals surface area contributed by atoms with Crippen LogP contribution in [-0.2, 0) is 4.79 Å². The van der Waals surface area contributed by atoms with Gasteiger partial charge in [0.15, 0.2) is 11.5 Å². The Morgan fingerprint density at radius 3 is 2.38 bits per heavy atom. The fourth-order valence-corrected chi connectivity index (χ4v) is 3.67. The molecule has 0 saturated carbocycles. The molecule has 0 atom stereocenters. The average Bonchev–Trinajstić information content (AvgIpc) is 2.84. The molecular formula is C25H17IN2O6. The second kappa shape index (κ2) is 11.1. The van der Waals surface area contributed by atoms with Crippen LogP contribution >= 0.6 is 22.6 Å². The highest BCUT2D eigenvalue weighted by Crippen LogP contribution is 2.35. The number of para-hydroxylation sites is 1. The number of benzene rings is 3. The summed E-state index contributed by atoms with van der Waals surface area (Å²) in [5.41, 5.74) is 0.519. The first-order valence-corrected chi connectivity index (χ1v) is 10.8. The first-order chi connectivity index (χ1) is 16.3. The number of ether oxygens (including phenoxy) is 2. The zero-order valence-corrected chi connectivity index (χ0v) is 19.9. The molecule has 0 aliphatic rings. The summed E-state index contributed by atoms with van der Waals surface area (Å²) in [4.78, 5) is 36.4. The summed E-state index contributed by atoms with van der Waals surface area (Å²) >= 11 is 1.96. The summed E-state index contributed by atoms with van der Waals surface area (Å²) < 4.78 is 11.4. The Labute approximate surface area is 208 Å². The van der Waals surface area contributed by atoms with E-state index in [1.165, 1.54) is 37.5 Å². The molecule has 0 aromatic heterocycles. The normalized spacial score (nSPS) is 10.7. The van der Waals surface area contributed by atoms with E-state index < -0.39 is 17.8 Å². The molecular weight excluding hydrogens is 551 g/mol. The van der Waals surface area contributed by atoms with Gasteiger partial charge in [-0.05, 0) is 70.6 Å². The van der Waals surface area contributed by atoms with E-state index in [2.05, 4.69) is 5.32 Å². The van der Waals surface area contributed by atoms with Crippen molar-refractivity contribution < 1.29 is 29.0 Å². The third-order valence-electron chi connectivity index (χ3n) is 4.54. The van der Waals surface area contributed by atoms with Crippen molar-refractivity contribution in [3.8, 4) is 17.6 Å². The van der Waals surface area contributed by atoms with Crippen LogP contribution in [0.5, 0.6) is 11.5 Å². The van der Waals surface area contributed by atoms with Crippen LogP contribution in [0.1, 0.15) is 26.3 Å². The highest BCUT2D eigenvalue weighted by molar-refractivity contribution is 14.1. The molecule has 2 N–H and O–H groups in total. The van der Waals surface area contributed by atoms with E-state index in [-0.39, 0.29) is 28.3 Å². The van der Waals surface area contributed by atoms with Crippen molar-refractivity contribution in [3.63, 3.8) is 0 Å². The fraction of sp³-hybridized carbons (Fsp3) is 0.0400. The summed E-state index contributed by atoms with van der Waals surface area (Å²) in [6.07, 6.45) is 1.33. The van der Waals surface area contributed by atoms with E-state index in [9.17, 15) is 24.8 Å². The Bertz CT molecular complexity index is 1330. The van der Waals surface area contributed by atoms with Gasteiger partial charge in [-0.2, -0.15) is 5.26 Å². The number of carbonyl (C=O) groups excluding carboxylic acids is 2. The molecule has 0 radical (unpaired) electrons. The van der Waals surface area contributed by atoms with Crippen LogP contribution in [0.15, 0.2) is 72.3 Å². The molecule has 0 unspecified atom stereocenters. The van der Waals surface area contributed by atoms with Crippen molar-refractivity contribution in [3.05, 3.63) is 92.6 Å². The number of amides is 1. The monoisotopic (exact) mass is 568 g/mol. The van der Waals surface area contributed by atoms with Gasteiger partial charge in [0.1, 0.15) is 11.6 Å². The van der Waals surface area contributed by atoms with E-state index in [0.29, 0.717) is 14.7 Å². The summed E-state index contributed by atoms with van der Waals surface area (Å²) in [6.45, 7) is 0. The molecule has 0 saturated heterocycles. The third-order valence-corrected chi connectivity index (χ3v) is 5.34. The molecule has 3 aromatic carbocycles. The van der Waals surface area contributed by atoms with Crippen molar-refractivity contribution in [2.75, 3.05) is 12.4 Å². The van der Waals surface area contributed by atoms with Gasteiger partial charge in [-0.1, -0.05) is 30.3 Å². The SMILES string of the molecule is COc1cc(/C=C(\C#N)C(=O)Nc2ccccc2C(=O)O)cc(I)c1OC(=O)c1ccccc1. The summed E-state index contributed by atoms with van der Waals surface area (Å²) in [6, 6.07) is 19.3. The van der Waals surface area contributed by atoms with Gasteiger partial charge in [0.2, 0.25) is 0 Å². The van der Waals surface area contributed by atoms with Gasteiger partial charge in [0, 0.05) is 0 Å². The van der Waals surface area contributed by atoms with Crippen molar-refractivity contribution in [2.45, 2.75) is 0 Å². The predicted octanol–water partition coefficient (Wildman–Crippen LogP) is 4.76. The number of nitrogens with zero attached hydrogens (tertiary/aromatic N) is 1. The molecule has 3 aromatic rings. The van der Waals surface area contributed by atoms with E-state index in [4.69, 9.17) is 9.47 Å². The number of anilines is 1. The van der Waals surface area contributed by atoms with Crippen LogP contribution in [-0.4, -0.2) is 30.1 Å². The Hall–Kier alpha value is -4.17. The van der Waals surface area contributed by atoms with Gasteiger partial charge in [0.05, 0.1) is 27.5 Å². The van der Waals surface area contributed by atoms with Gasteiger partial charge < -0.3 is 19.9 Å². The number of carbonyl (C=O) groups is 3. The maximum Gasteiger partial charge on any atom is 0.343 e. The van der Waals surface area contributed by atoms with E-state index >= 15 is 0 Å². The second-order valence-corrected chi connectivity index (χ2v) is 7.93. The van der Waals surface area contributed by atoms with Gasteiger partial charge >= 0.3 is 11.9 Å². The Morgan fingerprint density at radius 1 is 1.06 bits per heavy atom. The standard InChI is InChI=1S/C25H17IN2O6/c1-33-21-13-15(12-19(26)22(21)34-25(32)16-7-3-2-4-8-16)11-17(14-27)23(29)28-20-10-6-5-9-18(20)24(30)31/h2-13H,1H3,(H,28,29)(H,30,31)/b17-11+. The van der Waals surface area contributed by atoms with E-state index in [1.807, 2.05) is 28.7 Å². The first-order valence-electron chi connectivity index (χ1n) is 9.74. The quantitative estimate of drug-likeness (QED) is 0.138. The fourth-order valence-electron chi connectivity index (χ4n) is 2.93. The number of carboxylic acids is 1. The Balaban J connectivity index is 1.88. The topological polar surface area (TPSA) is 126 Å². The van der Waals surface area contributed by atoms with E-state index in [1.54, 1.807) is 42.5 Å². The van der Waals surface area contributed by atoms with Crippen LogP contribution in [0.25, 0.3) is 6.08 Å². The number of rotatable bonds is 7. The molecule has 0 bridgehead atoms. The molecule has 0 spiro atoms. The number of hydrogen-bond acceptors (Lipinski definition) is 6. The lowest BCUT2D eigenvalue weighted by molar-refractivity contribution is -0.112. The van der Waals surface area contributed by atoms with E-state index in [0.717, 1.165) is 0 Å². The van der Waals surface area contributed by atoms with Crippen molar-refractivity contribution >= 4 is 52.2 Å². The maximum absolute atomic E-state index is 12.6. The molecule has 3 rings (SSSR count). The lowest BCUT2D eigenvalue weighted by Crippen LogP contribution is -2.16. The molecule has 0 aliphatic heterocycles. The van der Waals surface area contributed by atoms with Gasteiger partial charge in [-0.25, -0.2) is 9.59 Å². The lowest BCUT2D eigenvalue weighted by Gasteiger charge is -2.13. The molecule has 8 nitrogen and oxygen atoms in total. The molecule has 0 heterocycles. The van der Waals surface area contributed by atoms with Crippen LogP contribution < -0.4 is 14.8 Å². The lowest BCUT2D eigenvalue weighted by atomic mass is 10.1. The Kier molecular flexibility index (Phi) is 8.00. The second-order valence-electron chi connectivity index (χ2n) is 6.76. The third kappa shape index (κ3) is 5.79. The molecule has 0 fully saturated rings. The number of halogens is 1. The number of carboxylic acid groups (broad SMARTS) is 1. The Morgan fingerprint density at radius 2 is 1.74 bits per heavy atom. The number of esters is 1.